The van der Waals surface area contributed by atoms with E-state index in [4.69, 9.17) is 9.39 Å². The molecule has 0 aliphatic rings. The first-order valence-corrected chi connectivity index (χ1v) is 10.7. The molecule has 0 heterocycles. The first-order chi connectivity index (χ1) is 14.1. The van der Waals surface area contributed by atoms with Gasteiger partial charge in [-0.15, -0.1) is 0 Å². The highest BCUT2D eigenvalue weighted by molar-refractivity contribution is 6.59. The largest absolute Gasteiger partial charge is 0.558 e. The van der Waals surface area contributed by atoms with Crippen molar-refractivity contribution in [3.05, 3.63) is 0 Å². The molecule has 0 fully saturated rings. The van der Waals surface area contributed by atoms with E-state index in [9.17, 15) is 24.4 Å². The molecule has 0 radical (unpaired) electrons. The molecule has 0 spiro atoms. The molecule has 3 atom stereocenters. The van der Waals surface area contributed by atoms with E-state index < -0.39 is 48.3 Å². The van der Waals surface area contributed by atoms with Crippen molar-refractivity contribution in [1.29, 1.82) is 0 Å². The van der Waals surface area contributed by atoms with E-state index in [0.29, 0.717) is 13.0 Å². The van der Waals surface area contributed by atoms with Crippen LogP contribution in [0.4, 0.5) is 4.79 Å². The lowest BCUT2D eigenvalue weighted by molar-refractivity contribution is -0.368. The normalized spacial score (nSPS) is 15.1. The Hall–Kier alpha value is -1.89. The van der Waals surface area contributed by atoms with E-state index in [1.54, 1.807) is 34.6 Å². The lowest BCUT2D eigenvalue weighted by Crippen LogP contribution is -2.63. The van der Waals surface area contributed by atoms with Crippen molar-refractivity contribution in [3.8, 4) is 0 Å². The second-order valence-corrected chi connectivity index (χ2v) is 9.06. The fourth-order valence-corrected chi connectivity index (χ4v) is 2.74. The minimum absolute atomic E-state index is 0.275. The molecule has 0 aliphatic heterocycles. The molecule has 0 saturated heterocycles. The minimum Gasteiger partial charge on any atom is -0.558 e. The molecule has 0 bridgehead atoms. The predicted octanol–water partition coefficient (Wildman–Crippen LogP) is -0.953. The van der Waals surface area contributed by atoms with Crippen LogP contribution in [0.3, 0.4) is 0 Å². The summed E-state index contributed by atoms with van der Waals surface area (Å²) in [5.41, 5.74) is 3.03. The van der Waals surface area contributed by atoms with Gasteiger partial charge in [-0.25, -0.2) is 4.79 Å². The molecular formula is C19H41BN4O7. The highest BCUT2D eigenvalue weighted by Gasteiger charge is 2.35. The number of nitrogens with one attached hydrogen (secondary N) is 3. The number of quaternary nitrogens is 1. The maximum Gasteiger partial charge on any atom is 0.408 e. The van der Waals surface area contributed by atoms with Gasteiger partial charge in [-0.05, 0) is 59.5 Å². The number of carbonyl (C=O) groups excluding carboxylic acids is 3. The number of hydrogen-bond donors (Lipinski definition) is 6. The van der Waals surface area contributed by atoms with E-state index in [0.717, 1.165) is 13.5 Å². The third kappa shape index (κ3) is 11.3. The van der Waals surface area contributed by atoms with Crippen molar-refractivity contribution in [1.82, 2.24) is 16.0 Å². The number of ether oxygens (including phenoxy) is 1. The van der Waals surface area contributed by atoms with Crippen LogP contribution in [0.5, 0.6) is 0 Å². The number of hydrogen-bond acceptors (Lipinski definition) is 7. The molecule has 0 aromatic carbocycles. The second-order valence-electron chi connectivity index (χ2n) is 9.06. The Morgan fingerprint density at radius 2 is 1.58 bits per heavy atom. The second kappa shape index (κ2) is 12.8. The van der Waals surface area contributed by atoms with Crippen LogP contribution in [0.2, 0.25) is 0 Å². The van der Waals surface area contributed by atoms with Gasteiger partial charge in [-0.1, -0.05) is 20.3 Å². The lowest BCUT2D eigenvalue weighted by Gasteiger charge is -2.38. The van der Waals surface area contributed by atoms with Gasteiger partial charge in [0.1, 0.15) is 17.7 Å². The number of unbranched alkanes of at least 4 members (excludes halogenated alkanes) is 1. The molecule has 0 aromatic rings. The van der Waals surface area contributed by atoms with E-state index in [2.05, 4.69) is 21.7 Å². The number of rotatable bonds is 12. The fourth-order valence-electron chi connectivity index (χ4n) is 2.74. The first kappa shape index (κ1) is 29.1. The van der Waals surface area contributed by atoms with Gasteiger partial charge in [0.25, 0.3) is 0 Å². The molecule has 12 heteroatoms. The topological polar surface area (TPSA) is 174 Å². The zero-order valence-corrected chi connectivity index (χ0v) is 19.9. The Morgan fingerprint density at radius 3 is 2.03 bits per heavy atom. The van der Waals surface area contributed by atoms with Gasteiger partial charge < -0.3 is 41.1 Å². The van der Waals surface area contributed by atoms with Crippen molar-refractivity contribution in [2.45, 2.75) is 84.4 Å². The van der Waals surface area contributed by atoms with E-state index in [-0.39, 0.29) is 12.3 Å². The average molecular weight is 448 g/mol. The molecule has 3 amide bonds. The Balaban J connectivity index is 5.16. The van der Waals surface area contributed by atoms with Gasteiger partial charge in [-0.2, -0.15) is 0 Å². The summed E-state index contributed by atoms with van der Waals surface area (Å²) >= 11 is 0. The molecule has 0 aliphatic carbocycles. The van der Waals surface area contributed by atoms with Gasteiger partial charge in [0.15, 0.2) is 0 Å². The van der Waals surface area contributed by atoms with Crippen LogP contribution in [0.1, 0.15) is 60.8 Å². The highest BCUT2D eigenvalue weighted by atomic mass is 16.6. The summed E-state index contributed by atoms with van der Waals surface area (Å²) in [6, 6.07) is -1.91. The maximum atomic E-state index is 12.8. The summed E-state index contributed by atoms with van der Waals surface area (Å²) in [6.45, 7) is 7.45. The van der Waals surface area contributed by atoms with Crippen LogP contribution in [0, 0.1) is 5.92 Å². The molecule has 11 nitrogen and oxygen atoms in total. The van der Waals surface area contributed by atoms with Crippen molar-refractivity contribution >= 4 is 24.7 Å². The maximum absolute atomic E-state index is 12.8. The van der Waals surface area contributed by atoms with Gasteiger partial charge in [0, 0.05) is 0 Å². The zero-order valence-electron chi connectivity index (χ0n) is 19.9. The monoisotopic (exact) mass is 448 g/mol. The van der Waals surface area contributed by atoms with E-state index in [1.165, 1.54) is 6.92 Å². The van der Waals surface area contributed by atoms with Crippen molar-refractivity contribution in [2.24, 2.45) is 5.92 Å². The van der Waals surface area contributed by atoms with Crippen LogP contribution in [0.15, 0.2) is 0 Å². The van der Waals surface area contributed by atoms with Gasteiger partial charge in [0.2, 0.25) is 11.8 Å². The summed E-state index contributed by atoms with van der Waals surface area (Å²) in [4.78, 5) is 37.2. The van der Waals surface area contributed by atoms with Crippen molar-refractivity contribution < 1.29 is 39.6 Å². The van der Waals surface area contributed by atoms with E-state index in [1.807, 2.05) is 0 Å². The first-order valence-electron chi connectivity index (χ1n) is 10.7. The Bertz CT molecular complexity index is 596. The molecule has 31 heavy (non-hydrogen) atoms. The number of amides is 3. The van der Waals surface area contributed by atoms with Gasteiger partial charge >= 0.3 is 12.8 Å². The Labute approximate surface area is 184 Å². The smallest absolute Gasteiger partial charge is 0.408 e. The lowest BCUT2D eigenvalue weighted by atomic mass is 9.67. The van der Waals surface area contributed by atoms with Crippen molar-refractivity contribution in [2.75, 3.05) is 13.7 Å². The SMILES string of the molecule is CO[B-](O)(O)[C@H](CCCC[NH3+])NC(=O)[C@@H](NC(=O)[C@H](C)NC(=O)OC(C)(C)C)C(C)C. The zero-order chi connectivity index (χ0) is 24.4. The van der Waals surface area contributed by atoms with Crippen molar-refractivity contribution in [3.63, 3.8) is 0 Å². The molecule has 182 valence electrons. The number of alkyl carbamates (subject to hydrolysis) is 1. The van der Waals surface area contributed by atoms with E-state index >= 15 is 0 Å². The molecule has 8 N–H and O–H groups in total. The van der Waals surface area contributed by atoms with Crippen LogP contribution >= 0.6 is 0 Å². The van der Waals surface area contributed by atoms with Crippen LogP contribution in [-0.2, 0) is 19.0 Å². The Morgan fingerprint density at radius 1 is 1.00 bits per heavy atom. The molecule has 0 unspecified atom stereocenters. The van der Waals surface area contributed by atoms with Crippen LogP contribution in [0.25, 0.3) is 0 Å². The summed E-state index contributed by atoms with van der Waals surface area (Å²) in [7, 11) is 1.15. The minimum atomic E-state index is -3.27. The third-order valence-electron chi connectivity index (χ3n) is 4.59. The van der Waals surface area contributed by atoms with Gasteiger partial charge in [0.05, 0.1) is 6.54 Å². The predicted molar refractivity (Wildman–Crippen MR) is 116 cm³/mol. The average Bonchev–Trinajstić information content (AvgIpc) is 2.62. The summed E-state index contributed by atoms with van der Waals surface area (Å²) in [5.74, 6) is -2.51. The summed E-state index contributed by atoms with van der Waals surface area (Å²) in [5, 5.41) is 27.9. The standard InChI is InChI=1S/C19H40BN4O7/c1-12(2)15(24-16(25)13(3)22-18(27)31-19(4,5)6)17(26)23-14(10-8-9-11-21)20(28,29)30-7/h12-15,28-29H,8-11,21H2,1-7H3,(H,22,27)(H,23,26)(H,24,25)/q-1/p+1/t13-,14-,15-/m0/s1. The number of carbonyl (C=O) groups is 3. The van der Waals surface area contributed by atoms with Crippen LogP contribution in [-0.4, -0.2) is 72.0 Å². The molecule has 0 saturated carbocycles. The highest BCUT2D eigenvalue weighted by Crippen LogP contribution is 2.12. The summed E-state index contributed by atoms with van der Waals surface area (Å²) in [6.07, 6.45) is 0.884. The molecule has 0 rings (SSSR count). The fraction of sp³-hybridized carbons (Fsp3) is 0.842. The Kier molecular flexibility index (Phi) is 12.1. The summed E-state index contributed by atoms with van der Waals surface area (Å²) < 4.78 is 9.90. The van der Waals surface area contributed by atoms with Crippen LogP contribution < -0.4 is 21.7 Å². The molecular weight excluding hydrogens is 407 g/mol. The quantitative estimate of drug-likeness (QED) is 0.165. The molecule has 0 aromatic heterocycles. The van der Waals surface area contributed by atoms with Gasteiger partial charge in [-0.3, -0.25) is 9.59 Å². The third-order valence-corrected chi connectivity index (χ3v) is 4.59.